The summed E-state index contributed by atoms with van der Waals surface area (Å²) in [7, 11) is 0. The quantitative estimate of drug-likeness (QED) is 0.760. The molecule has 0 bridgehead atoms. The Kier molecular flexibility index (Phi) is 4.56. The number of carbonyl (C=O) groups is 1. The molecule has 3 heterocycles. The second-order valence-electron chi connectivity index (χ2n) is 5.55. The molecule has 2 saturated heterocycles. The van der Waals surface area contributed by atoms with Gasteiger partial charge in [0.15, 0.2) is 5.13 Å². The molecule has 116 valence electrons. The predicted molar refractivity (Wildman–Crippen MR) is 89.1 cm³/mol. The fourth-order valence-corrected chi connectivity index (χ4v) is 4.81. The summed E-state index contributed by atoms with van der Waals surface area (Å²) in [5, 5.41) is 4.33. The lowest BCUT2D eigenvalue weighted by molar-refractivity contribution is 0.0958. The summed E-state index contributed by atoms with van der Waals surface area (Å²) < 4.78 is 0. The lowest BCUT2D eigenvalue weighted by atomic mass is 10.2. The first-order valence-corrected chi connectivity index (χ1v) is 9.16. The summed E-state index contributed by atoms with van der Waals surface area (Å²) in [5.74, 6) is 1.42. The number of aromatic nitrogens is 1. The van der Waals surface area contributed by atoms with E-state index in [1.165, 1.54) is 29.9 Å². The Labute approximate surface area is 132 Å². The van der Waals surface area contributed by atoms with Crippen molar-refractivity contribution in [2.24, 2.45) is 5.73 Å². The lowest BCUT2D eigenvalue weighted by Gasteiger charge is -2.13. The van der Waals surface area contributed by atoms with E-state index in [-0.39, 0.29) is 11.9 Å². The highest BCUT2D eigenvalue weighted by molar-refractivity contribution is 8.00. The van der Waals surface area contributed by atoms with Gasteiger partial charge >= 0.3 is 0 Å². The van der Waals surface area contributed by atoms with Crippen molar-refractivity contribution in [1.29, 1.82) is 0 Å². The van der Waals surface area contributed by atoms with Gasteiger partial charge in [-0.15, -0.1) is 0 Å². The van der Waals surface area contributed by atoms with Gasteiger partial charge in [0.1, 0.15) is 10.7 Å². The third-order valence-electron chi connectivity index (χ3n) is 3.86. The van der Waals surface area contributed by atoms with Crippen LogP contribution in [0.15, 0.2) is 0 Å². The molecule has 1 amide bonds. The SMILES string of the molecule is Nc1nc(N2CCC(N)C2)sc1C(=O)NCC1CCCS1. The molecule has 0 radical (unpaired) electrons. The highest BCUT2D eigenvalue weighted by atomic mass is 32.2. The summed E-state index contributed by atoms with van der Waals surface area (Å²) in [4.78, 5) is 19.2. The van der Waals surface area contributed by atoms with Crippen molar-refractivity contribution in [3.63, 3.8) is 0 Å². The van der Waals surface area contributed by atoms with Crippen LogP contribution in [-0.2, 0) is 0 Å². The van der Waals surface area contributed by atoms with E-state index >= 15 is 0 Å². The predicted octanol–water partition coefficient (Wildman–Crippen LogP) is 0.888. The molecular formula is C13H21N5OS2. The molecule has 8 heteroatoms. The van der Waals surface area contributed by atoms with Crippen LogP contribution in [-0.4, -0.2) is 47.6 Å². The summed E-state index contributed by atoms with van der Waals surface area (Å²) in [6.07, 6.45) is 3.38. The van der Waals surface area contributed by atoms with Crippen LogP contribution >= 0.6 is 23.1 Å². The minimum atomic E-state index is -0.104. The molecule has 1 aromatic rings. The third kappa shape index (κ3) is 3.44. The first-order valence-electron chi connectivity index (χ1n) is 7.30. The minimum Gasteiger partial charge on any atom is -0.382 e. The Morgan fingerprint density at radius 3 is 3.00 bits per heavy atom. The Balaban J connectivity index is 1.61. The molecule has 2 atom stereocenters. The standard InChI is InChI=1S/C13H21N5OS2/c14-8-3-4-18(7-8)13-17-11(15)10(21-13)12(19)16-6-9-2-1-5-20-9/h8-9H,1-7,14-15H2,(H,16,19). The highest BCUT2D eigenvalue weighted by Crippen LogP contribution is 2.30. The van der Waals surface area contributed by atoms with Gasteiger partial charge in [-0.05, 0) is 25.0 Å². The Morgan fingerprint density at radius 1 is 1.48 bits per heavy atom. The zero-order valence-corrected chi connectivity index (χ0v) is 13.5. The maximum absolute atomic E-state index is 12.2. The number of thiazole rings is 1. The van der Waals surface area contributed by atoms with Crippen LogP contribution in [0.4, 0.5) is 10.9 Å². The number of carbonyl (C=O) groups excluding carboxylic acids is 1. The molecule has 6 nitrogen and oxygen atoms in total. The molecule has 1 aromatic heterocycles. The zero-order chi connectivity index (χ0) is 14.8. The van der Waals surface area contributed by atoms with Gasteiger partial charge in [-0.2, -0.15) is 11.8 Å². The summed E-state index contributed by atoms with van der Waals surface area (Å²) >= 11 is 3.29. The average molecular weight is 327 g/mol. The molecule has 2 aliphatic rings. The first-order chi connectivity index (χ1) is 10.1. The smallest absolute Gasteiger partial charge is 0.265 e. The highest BCUT2D eigenvalue weighted by Gasteiger charge is 2.25. The summed E-state index contributed by atoms with van der Waals surface area (Å²) in [5.41, 5.74) is 11.8. The van der Waals surface area contributed by atoms with Crippen LogP contribution in [0, 0.1) is 0 Å². The number of rotatable bonds is 4. The fraction of sp³-hybridized carbons (Fsp3) is 0.692. The Bertz CT molecular complexity index is 515. The lowest BCUT2D eigenvalue weighted by Crippen LogP contribution is -2.29. The van der Waals surface area contributed by atoms with Crippen molar-refractivity contribution in [2.45, 2.75) is 30.6 Å². The van der Waals surface area contributed by atoms with E-state index in [0.717, 1.165) is 24.6 Å². The van der Waals surface area contributed by atoms with Crippen LogP contribution in [0.25, 0.3) is 0 Å². The average Bonchev–Trinajstić information content (AvgIpc) is 3.16. The second-order valence-corrected chi connectivity index (χ2v) is 7.94. The van der Waals surface area contributed by atoms with Crippen LogP contribution < -0.4 is 21.7 Å². The molecule has 0 aliphatic carbocycles. The molecule has 2 aliphatic heterocycles. The van der Waals surface area contributed by atoms with Crippen molar-refractivity contribution in [1.82, 2.24) is 10.3 Å². The zero-order valence-electron chi connectivity index (χ0n) is 11.9. The molecule has 21 heavy (non-hydrogen) atoms. The van der Waals surface area contributed by atoms with E-state index in [0.29, 0.717) is 22.5 Å². The molecule has 2 unspecified atom stereocenters. The second kappa shape index (κ2) is 6.41. The van der Waals surface area contributed by atoms with Gasteiger partial charge in [-0.1, -0.05) is 11.3 Å². The van der Waals surface area contributed by atoms with Gasteiger partial charge in [0.05, 0.1) is 0 Å². The van der Waals surface area contributed by atoms with Crippen LogP contribution in [0.1, 0.15) is 28.9 Å². The summed E-state index contributed by atoms with van der Waals surface area (Å²) in [6.45, 7) is 2.38. The van der Waals surface area contributed by atoms with E-state index in [4.69, 9.17) is 11.5 Å². The van der Waals surface area contributed by atoms with Crippen molar-refractivity contribution >= 4 is 40.0 Å². The molecule has 2 fully saturated rings. The molecular weight excluding hydrogens is 306 g/mol. The van der Waals surface area contributed by atoms with E-state index in [1.807, 2.05) is 11.8 Å². The number of nitrogens with two attached hydrogens (primary N) is 2. The normalized spacial score (nSPS) is 25.5. The first kappa shape index (κ1) is 14.9. The molecule has 0 spiro atoms. The van der Waals surface area contributed by atoms with E-state index in [1.54, 1.807) is 0 Å². The van der Waals surface area contributed by atoms with Gasteiger partial charge in [-0.25, -0.2) is 4.98 Å². The van der Waals surface area contributed by atoms with Gasteiger partial charge in [0, 0.05) is 30.9 Å². The monoisotopic (exact) mass is 327 g/mol. The molecule has 0 aromatic carbocycles. The maximum Gasteiger partial charge on any atom is 0.265 e. The van der Waals surface area contributed by atoms with Crippen molar-refractivity contribution in [3.8, 4) is 0 Å². The maximum atomic E-state index is 12.2. The Morgan fingerprint density at radius 2 is 2.33 bits per heavy atom. The molecule has 0 saturated carbocycles. The molecule has 5 N–H and O–H groups in total. The van der Waals surface area contributed by atoms with Gasteiger partial charge in [0.25, 0.3) is 5.91 Å². The Hall–Kier alpha value is -0.990. The number of anilines is 2. The topological polar surface area (TPSA) is 97.3 Å². The largest absolute Gasteiger partial charge is 0.382 e. The number of hydrogen-bond donors (Lipinski definition) is 3. The van der Waals surface area contributed by atoms with Gasteiger partial charge < -0.3 is 21.7 Å². The van der Waals surface area contributed by atoms with E-state index in [9.17, 15) is 4.79 Å². The van der Waals surface area contributed by atoms with Crippen molar-refractivity contribution in [3.05, 3.63) is 4.88 Å². The van der Waals surface area contributed by atoms with Crippen molar-refractivity contribution < 1.29 is 4.79 Å². The summed E-state index contributed by atoms with van der Waals surface area (Å²) in [6, 6.07) is 0.187. The van der Waals surface area contributed by atoms with Crippen molar-refractivity contribution in [2.75, 3.05) is 36.0 Å². The number of nitrogens with zero attached hydrogens (tertiary/aromatic N) is 2. The number of nitrogen functional groups attached to an aromatic ring is 1. The van der Waals surface area contributed by atoms with Crippen LogP contribution in [0.2, 0.25) is 0 Å². The number of nitrogens with one attached hydrogen (secondary N) is 1. The fourth-order valence-electron chi connectivity index (χ4n) is 2.67. The van der Waals surface area contributed by atoms with E-state index < -0.39 is 0 Å². The third-order valence-corrected chi connectivity index (χ3v) is 6.39. The van der Waals surface area contributed by atoms with Crippen LogP contribution in [0.3, 0.4) is 0 Å². The van der Waals surface area contributed by atoms with Gasteiger partial charge in [0.2, 0.25) is 0 Å². The minimum absolute atomic E-state index is 0.104. The van der Waals surface area contributed by atoms with Gasteiger partial charge in [-0.3, -0.25) is 4.79 Å². The number of hydrogen-bond acceptors (Lipinski definition) is 7. The van der Waals surface area contributed by atoms with Crippen LogP contribution in [0.5, 0.6) is 0 Å². The number of thioether (sulfide) groups is 1. The number of amides is 1. The van der Waals surface area contributed by atoms with E-state index in [2.05, 4.69) is 15.2 Å². The molecule has 3 rings (SSSR count).